The molecule has 0 saturated heterocycles. The van der Waals surface area contributed by atoms with Crippen molar-refractivity contribution in [1.29, 1.82) is 5.26 Å². The first-order chi connectivity index (χ1) is 19.7. The van der Waals surface area contributed by atoms with Crippen LogP contribution in [0, 0.1) is 11.3 Å². The summed E-state index contributed by atoms with van der Waals surface area (Å²) >= 11 is 0. The van der Waals surface area contributed by atoms with Crippen LogP contribution < -0.4 is 0 Å². The minimum absolute atomic E-state index is 0.273. The van der Waals surface area contributed by atoms with E-state index in [1.54, 1.807) is 11.6 Å². The Bertz CT molecular complexity index is 1590. The minimum atomic E-state index is -0.740. The highest BCUT2D eigenvalue weighted by Crippen LogP contribution is 2.45. The Morgan fingerprint density at radius 1 is 0.925 bits per heavy atom. The van der Waals surface area contributed by atoms with Gasteiger partial charge in [0.1, 0.15) is 5.54 Å². The summed E-state index contributed by atoms with van der Waals surface area (Å²) in [5, 5.41) is 19.1. The molecule has 0 bridgehead atoms. The van der Waals surface area contributed by atoms with E-state index in [9.17, 15) is 10.1 Å². The number of aryl methyl sites for hydroxylation is 1. The first-order valence-corrected chi connectivity index (χ1v) is 13.6. The highest BCUT2D eigenvalue weighted by molar-refractivity contribution is 5.92. The van der Waals surface area contributed by atoms with Gasteiger partial charge in [0.25, 0.3) is 0 Å². The van der Waals surface area contributed by atoms with Gasteiger partial charge in [0, 0.05) is 16.8 Å². The minimum Gasteiger partial charge on any atom is -0.461 e. The van der Waals surface area contributed by atoms with Gasteiger partial charge in [0.2, 0.25) is 0 Å². The summed E-state index contributed by atoms with van der Waals surface area (Å²) in [6.45, 7) is 2.44. The number of fused-ring (bicyclic) bond motifs is 3. The Hall–Kier alpha value is -4.96. The summed E-state index contributed by atoms with van der Waals surface area (Å²) in [5.41, 5.74) is 6.54. The summed E-state index contributed by atoms with van der Waals surface area (Å²) in [6, 6.07) is 33.6. The number of rotatable bonds is 8. The molecule has 0 atom stereocenters. The number of benzene rings is 3. The highest BCUT2D eigenvalue weighted by atomic mass is 16.5. The van der Waals surface area contributed by atoms with E-state index in [1.165, 1.54) is 0 Å². The van der Waals surface area contributed by atoms with Gasteiger partial charge in [-0.25, -0.2) is 9.48 Å². The van der Waals surface area contributed by atoms with Crippen molar-refractivity contribution < 1.29 is 9.53 Å². The zero-order valence-electron chi connectivity index (χ0n) is 22.3. The molecule has 40 heavy (non-hydrogen) atoms. The predicted molar refractivity (Wildman–Crippen MR) is 152 cm³/mol. The van der Waals surface area contributed by atoms with Crippen LogP contribution in [-0.4, -0.2) is 32.1 Å². The summed E-state index contributed by atoms with van der Waals surface area (Å²) < 4.78 is 9.26. The van der Waals surface area contributed by atoms with E-state index >= 15 is 0 Å². The van der Waals surface area contributed by atoms with E-state index in [-0.39, 0.29) is 13.0 Å². The van der Waals surface area contributed by atoms with Crippen LogP contribution in [0.5, 0.6) is 0 Å². The molecule has 6 rings (SSSR count). The molecular formula is C33H29N5O2. The Morgan fingerprint density at radius 2 is 1.50 bits per heavy atom. The van der Waals surface area contributed by atoms with Gasteiger partial charge >= 0.3 is 5.97 Å². The van der Waals surface area contributed by atoms with Gasteiger partial charge in [-0.2, -0.15) is 15.5 Å². The van der Waals surface area contributed by atoms with Crippen LogP contribution in [0.15, 0.2) is 97.2 Å². The van der Waals surface area contributed by atoms with Gasteiger partial charge < -0.3 is 4.74 Å². The van der Waals surface area contributed by atoms with E-state index in [0.717, 1.165) is 39.2 Å². The molecule has 2 aromatic heterocycles. The number of ether oxygens (including phenoxy) is 1. The second-order valence-corrected chi connectivity index (χ2v) is 9.75. The lowest BCUT2D eigenvalue weighted by molar-refractivity contribution is 0.0517. The second kappa shape index (κ2) is 10.7. The average molecular weight is 528 g/mol. The predicted octanol–water partition coefficient (Wildman–Crippen LogP) is 5.78. The van der Waals surface area contributed by atoms with Crippen LogP contribution in [0.3, 0.4) is 0 Å². The smallest absolute Gasteiger partial charge is 0.359 e. The molecule has 198 valence electrons. The first-order valence-electron chi connectivity index (χ1n) is 13.6. The van der Waals surface area contributed by atoms with Gasteiger partial charge in [-0.15, -0.1) is 0 Å². The van der Waals surface area contributed by atoms with Crippen molar-refractivity contribution in [3.63, 3.8) is 0 Å². The molecule has 0 fully saturated rings. The third kappa shape index (κ3) is 4.00. The molecule has 7 heteroatoms. The van der Waals surface area contributed by atoms with Crippen molar-refractivity contribution in [3.05, 3.63) is 131 Å². The van der Waals surface area contributed by atoms with Crippen LogP contribution in [0.25, 0.3) is 11.3 Å². The van der Waals surface area contributed by atoms with E-state index in [4.69, 9.17) is 9.84 Å². The second-order valence-electron chi connectivity index (χ2n) is 9.75. The molecule has 0 radical (unpaired) electrons. The average Bonchev–Trinajstić information content (AvgIpc) is 3.60. The maximum atomic E-state index is 12.9. The normalized spacial score (nSPS) is 12.3. The Balaban J connectivity index is 1.64. The van der Waals surface area contributed by atoms with Gasteiger partial charge in [0.15, 0.2) is 5.69 Å². The Kier molecular flexibility index (Phi) is 6.75. The van der Waals surface area contributed by atoms with Gasteiger partial charge in [-0.05, 0) is 36.5 Å². The molecule has 5 aromatic rings. The van der Waals surface area contributed by atoms with Crippen LogP contribution in [-0.2, 0) is 29.7 Å². The maximum absolute atomic E-state index is 12.9. The Morgan fingerprint density at radius 3 is 2.02 bits per heavy atom. The van der Waals surface area contributed by atoms with Gasteiger partial charge in [-0.3, -0.25) is 4.68 Å². The molecule has 1 aliphatic carbocycles. The number of aromatic nitrogens is 4. The van der Waals surface area contributed by atoms with Crippen molar-refractivity contribution in [2.24, 2.45) is 0 Å². The molecule has 7 nitrogen and oxygen atoms in total. The molecule has 3 aromatic carbocycles. The number of carbonyl (C=O) groups excluding carboxylic acids is 1. The lowest BCUT2D eigenvalue weighted by atomic mass is 9.76. The third-order valence-electron chi connectivity index (χ3n) is 7.58. The zero-order chi connectivity index (χ0) is 27.5. The molecule has 0 N–H and O–H groups in total. The third-order valence-corrected chi connectivity index (χ3v) is 7.58. The molecule has 0 saturated carbocycles. The molecular weight excluding hydrogens is 498 g/mol. The molecule has 0 aliphatic heterocycles. The first kappa shape index (κ1) is 25.3. The van der Waals surface area contributed by atoms with E-state index in [1.807, 2.05) is 24.4 Å². The van der Waals surface area contributed by atoms with E-state index < -0.39 is 11.5 Å². The quantitative estimate of drug-likeness (QED) is 0.189. The fourth-order valence-electron chi connectivity index (χ4n) is 5.97. The fraction of sp³-hybridized carbons (Fsp3) is 0.212. The van der Waals surface area contributed by atoms with Crippen LogP contribution in [0.4, 0.5) is 0 Å². The van der Waals surface area contributed by atoms with Crippen molar-refractivity contribution in [1.82, 2.24) is 19.6 Å². The summed E-state index contributed by atoms with van der Waals surface area (Å²) in [4.78, 5) is 12.9. The number of nitrogens with zero attached hydrogens (tertiary/aromatic N) is 5. The van der Waals surface area contributed by atoms with Gasteiger partial charge in [0.05, 0.1) is 37.5 Å². The van der Waals surface area contributed by atoms with Gasteiger partial charge in [-0.1, -0.05) is 91.0 Å². The van der Waals surface area contributed by atoms with Crippen LogP contribution in [0.1, 0.15) is 51.8 Å². The fourth-order valence-corrected chi connectivity index (χ4v) is 5.97. The topological polar surface area (TPSA) is 85.7 Å². The standard InChI is InChI=1S/C33H29N5O2/c1-2-40-32(39)30-27-19-20-29-28(31(27)37(36-30)22-12-21-34)23-35-38(29)33(24-13-6-3-7-14-24,25-15-8-4-9-16-25)26-17-10-5-11-18-26/h3-11,13-18,23H,2,12,19-20,22H2,1H3. The monoisotopic (exact) mass is 527 g/mol. The molecule has 0 unspecified atom stereocenters. The number of esters is 1. The van der Waals surface area contributed by atoms with Crippen molar-refractivity contribution in [2.45, 2.75) is 38.3 Å². The molecule has 2 heterocycles. The van der Waals surface area contributed by atoms with Crippen LogP contribution in [0.2, 0.25) is 0 Å². The largest absolute Gasteiger partial charge is 0.461 e. The van der Waals surface area contributed by atoms with E-state index in [0.29, 0.717) is 25.1 Å². The molecule has 0 spiro atoms. The lowest BCUT2D eigenvalue weighted by Gasteiger charge is -2.38. The zero-order valence-corrected chi connectivity index (χ0v) is 22.3. The number of nitriles is 1. The maximum Gasteiger partial charge on any atom is 0.359 e. The molecule has 1 aliphatic rings. The summed E-state index contributed by atoms with van der Waals surface area (Å²) in [7, 11) is 0. The number of carbonyl (C=O) groups is 1. The number of hydrogen-bond donors (Lipinski definition) is 0. The summed E-state index contributed by atoms with van der Waals surface area (Å²) in [6.07, 6.45) is 3.45. The summed E-state index contributed by atoms with van der Waals surface area (Å²) in [5.74, 6) is -0.433. The van der Waals surface area contributed by atoms with Crippen molar-refractivity contribution in [2.75, 3.05) is 6.61 Å². The lowest BCUT2D eigenvalue weighted by Crippen LogP contribution is -2.40. The highest BCUT2D eigenvalue weighted by Gasteiger charge is 2.42. The van der Waals surface area contributed by atoms with Crippen LogP contribution >= 0.6 is 0 Å². The van der Waals surface area contributed by atoms with E-state index in [2.05, 4.69) is 88.6 Å². The van der Waals surface area contributed by atoms with Crippen molar-refractivity contribution in [3.8, 4) is 17.3 Å². The Labute approximate surface area is 233 Å². The van der Waals surface area contributed by atoms with Crippen molar-refractivity contribution >= 4 is 5.97 Å². The molecule has 0 amide bonds. The number of hydrogen-bond acceptors (Lipinski definition) is 5. The SMILES string of the molecule is CCOC(=O)c1nn(CCC#N)c2c1CCc1c-2cnn1C(c1ccccc1)(c1ccccc1)c1ccccc1.